The summed E-state index contributed by atoms with van der Waals surface area (Å²) in [6.45, 7) is 11.8. The van der Waals surface area contributed by atoms with Crippen molar-refractivity contribution in [3.05, 3.63) is 0 Å². The number of likely N-dealkylation sites (N-methyl/N-ethyl adjacent to an activating group) is 2. The van der Waals surface area contributed by atoms with Crippen LogP contribution in [0.2, 0.25) is 0 Å². The minimum Gasteiger partial charge on any atom is -0.383 e. The van der Waals surface area contributed by atoms with Gasteiger partial charge in [0, 0.05) is 32.3 Å². The molecule has 0 saturated carbocycles. The van der Waals surface area contributed by atoms with Crippen molar-refractivity contribution < 1.29 is 4.74 Å². The quantitative estimate of drug-likeness (QED) is 0.566. The molecule has 0 amide bonds. The van der Waals surface area contributed by atoms with Gasteiger partial charge in [0.1, 0.15) is 0 Å². The van der Waals surface area contributed by atoms with E-state index in [1.54, 1.807) is 7.11 Å². The summed E-state index contributed by atoms with van der Waals surface area (Å²) in [5.41, 5.74) is 0. The molecule has 110 valence electrons. The molecule has 0 rings (SSSR count). The van der Waals surface area contributed by atoms with Crippen molar-refractivity contribution in [1.29, 1.82) is 0 Å². The lowest BCUT2D eigenvalue weighted by atomic mass is 10.1. The normalized spacial score (nSPS) is 15.3. The van der Waals surface area contributed by atoms with Crippen molar-refractivity contribution in [3.8, 4) is 0 Å². The van der Waals surface area contributed by atoms with Gasteiger partial charge >= 0.3 is 0 Å². The fourth-order valence-electron chi connectivity index (χ4n) is 2.47. The molecule has 18 heavy (non-hydrogen) atoms. The van der Waals surface area contributed by atoms with E-state index in [0.29, 0.717) is 12.1 Å². The minimum atomic E-state index is 0.460. The van der Waals surface area contributed by atoms with Gasteiger partial charge in [-0.2, -0.15) is 0 Å². The lowest BCUT2D eigenvalue weighted by Crippen LogP contribution is -2.51. The van der Waals surface area contributed by atoms with Gasteiger partial charge in [0.15, 0.2) is 0 Å². The van der Waals surface area contributed by atoms with Gasteiger partial charge < -0.3 is 15.0 Å². The summed E-state index contributed by atoms with van der Waals surface area (Å²) in [5, 5.41) is 3.51. The summed E-state index contributed by atoms with van der Waals surface area (Å²) in [6.07, 6.45) is 1.18. The van der Waals surface area contributed by atoms with Gasteiger partial charge in [0.25, 0.3) is 0 Å². The van der Waals surface area contributed by atoms with E-state index in [1.807, 2.05) is 0 Å². The summed E-state index contributed by atoms with van der Waals surface area (Å²) in [6, 6.07) is 1.01. The molecule has 0 heterocycles. The van der Waals surface area contributed by atoms with E-state index in [4.69, 9.17) is 4.74 Å². The van der Waals surface area contributed by atoms with Gasteiger partial charge in [-0.3, -0.25) is 4.90 Å². The first-order valence-corrected chi connectivity index (χ1v) is 7.16. The van der Waals surface area contributed by atoms with E-state index < -0.39 is 0 Å². The Bertz CT molecular complexity index is 188. The highest BCUT2D eigenvalue weighted by Gasteiger charge is 2.22. The Labute approximate surface area is 114 Å². The number of hydrogen-bond donors (Lipinski definition) is 1. The van der Waals surface area contributed by atoms with E-state index in [-0.39, 0.29) is 0 Å². The van der Waals surface area contributed by atoms with Crippen LogP contribution >= 0.6 is 0 Å². The monoisotopic (exact) mass is 259 g/mol. The largest absolute Gasteiger partial charge is 0.383 e. The average Bonchev–Trinajstić information content (AvgIpc) is 2.29. The second-order valence-corrected chi connectivity index (χ2v) is 5.26. The molecular formula is C14H33N3O. The second kappa shape index (κ2) is 10.7. The molecule has 0 spiro atoms. The molecular weight excluding hydrogens is 226 g/mol. The number of nitrogens with zero attached hydrogens (tertiary/aromatic N) is 2. The van der Waals surface area contributed by atoms with E-state index >= 15 is 0 Å². The number of hydrogen-bond acceptors (Lipinski definition) is 4. The Kier molecular flexibility index (Phi) is 10.6. The summed E-state index contributed by atoms with van der Waals surface area (Å²) in [4.78, 5) is 4.78. The molecule has 0 aromatic heterocycles. The van der Waals surface area contributed by atoms with Crippen LogP contribution in [0, 0.1) is 0 Å². The van der Waals surface area contributed by atoms with Crippen molar-refractivity contribution in [3.63, 3.8) is 0 Å². The Morgan fingerprint density at radius 3 is 2.33 bits per heavy atom. The molecule has 0 aromatic rings. The number of methoxy groups -OCH3 is 1. The SMILES string of the molecule is CCCNCC(COC)N(CC)C(C)CN(C)C. The predicted molar refractivity (Wildman–Crippen MR) is 79.2 cm³/mol. The van der Waals surface area contributed by atoms with Crippen LogP contribution in [0.1, 0.15) is 27.2 Å². The first-order valence-electron chi connectivity index (χ1n) is 7.16. The van der Waals surface area contributed by atoms with Crippen LogP contribution in [0.25, 0.3) is 0 Å². The maximum atomic E-state index is 5.38. The van der Waals surface area contributed by atoms with Crippen LogP contribution in [0.15, 0.2) is 0 Å². The topological polar surface area (TPSA) is 27.7 Å². The number of nitrogens with one attached hydrogen (secondary N) is 1. The van der Waals surface area contributed by atoms with Crippen molar-refractivity contribution in [2.75, 3.05) is 54.0 Å². The van der Waals surface area contributed by atoms with Gasteiger partial charge in [-0.15, -0.1) is 0 Å². The lowest BCUT2D eigenvalue weighted by Gasteiger charge is -2.36. The lowest BCUT2D eigenvalue weighted by molar-refractivity contribution is 0.0602. The molecule has 1 N–H and O–H groups in total. The first-order chi connectivity index (χ1) is 8.56. The molecule has 0 bridgehead atoms. The predicted octanol–water partition coefficient (Wildman–Crippen LogP) is 1.27. The van der Waals surface area contributed by atoms with Crippen molar-refractivity contribution in [2.45, 2.75) is 39.3 Å². The third-order valence-electron chi connectivity index (χ3n) is 3.20. The molecule has 0 aliphatic rings. The van der Waals surface area contributed by atoms with E-state index in [1.165, 1.54) is 6.42 Å². The highest BCUT2D eigenvalue weighted by molar-refractivity contribution is 4.79. The minimum absolute atomic E-state index is 0.460. The molecule has 0 radical (unpaired) electrons. The Hall–Kier alpha value is -0.160. The second-order valence-electron chi connectivity index (χ2n) is 5.26. The zero-order valence-corrected chi connectivity index (χ0v) is 13.2. The third kappa shape index (κ3) is 7.31. The molecule has 0 aliphatic heterocycles. The van der Waals surface area contributed by atoms with Crippen molar-refractivity contribution >= 4 is 0 Å². The molecule has 0 saturated heterocycles. The van der Waals surface area contributed by atoms with E-state index in [2.05, 4.69) is 50.0 Å². The highest BCUT2D eigenvalue weighted by atomic mass is 16.5. The first kappa shape index (κ1) is 17.8. The van der Waals surface area contributed by atoms with Crippen LogP contribution in [0.4, 0.5) is 0 Å². The number of rotatable bonds is 11. The third-order valence-corrected chi connectivity index (χ3v) is 3.20. The summed E-state index contributed by atoms with van der Waals surface area (Å²) in [5.74, 6) is 0. The van der Waals surface area contributed by atoms with Gasteiger partial charge in [-0.1, -0.05) is 13.8 Å². The van der Waals surface area contributed by atoms with Gasteiger partial charge in [-0.05, 0) is 40.5 Å². The van der Waals surface area contributed by atoms with Gasteiger partial charge in [0.05, 0.1) is 6.61 Å². The molecule has 2 atom stereocenters. The summed E-state index contributed by atoms with van der Waals surface area (Å²) in [7, 11) is 6.05. The standard InChI is InChI=1S/C14H33N3O/c1-7-9-15-10-14(12-18-6)17(8-2)13(3)11-16(4)5/h13-15H,7-12H2,1-6H3. The molecule has 0 fully saturated rings. The average molecular weight is 259 g/mol. The number of ether oxygens (including phenoxy) is 1. The fraction of sp³-hybridized carbons (Fsp3) is 1.00. The maximum absolute atomic E-state index is 5.38. The van der Waals surface area contributed by atoms with Crippen LogP contribution in [0.3, 0.4) is 0 Å². The van der Waals surface area contributed by atoms with E-state index in [0.717, 1.165) is 32.8 Å². The summed E-state index contributed by atoms with van der Waals surface area (Å²) >= 11 is 0. The van der Waals surface area contributed by atoms with Crippen LogP contribution in [-0.2, 0) is 4.74 Å². The highest BCUT2D eigenvalue weighted by Crippen LogP contribution is 2.07. The van der Waals surface area contributed by atoms with Crippen LogP contribution in [-0.4, -0.2) is 75.9 Å². The Morgan fingerprint density at radius 1 is 1.22 bits per heavy atom. The zero-order valence-electron chi connectivity index (χ0n) is 13.2. The van der Waals surface area contributed by atoms with Crippen molar-refractivity contribution in [2.24, 2.45) is 0 Å². The molecule has 0 aromatic carbocycles. The van der Waals surface area contributed by atoms with Crippen molar-refractivity contribution in [1.82, 2.24) is 15.1 Å². The Balaban J connectivity index is 4.39. The van der Waals surface area contributed by atoms with Gasteiger partial charge in [0.2, 0.25) is 0 Å². The summed E-state index contributed by atoms with van der Waals surface area (Å²) < 4.78 is 5.38. The molecule has 2 unspecified atom stereocenters. The Morgan fingerprint density at radius 2 is 1.89 bits per heavy atom. The van der Waals surface area contributed by atoms with E-state index in [9.17, 15) is 0 Å². The molecule has 0 aliphatic carbocycles. The van der Waals surface area contributed by atoms with Crippen LogP contribution < -0.4 is 5.32 Å². The van der Waals surface area contributed by atoms with Crippen LogP contribution in [0.5, 0.6) is 0 Å². The zero-order chi connectivity index (χ0) is 14.0. The van der Waals surface area contributed by atoms with Gasteiger partial charge in [-0.25, -0.2) is 0 Å². The maximum Gasteiger partial charge on any atom is 0.0630 e. The molecule has 4 heteroatoms. The fourth-order valence-corrected chi connectivity index (χ4v) is 2.47. The smallest absolute Gasteiger partial charge is 0.0630 e. The molecule has 4 nitrogen and oxygen atoms in total.